The third-order valence-corrected chi connectivity index (χ3v) is 6.39. The summed E-state index contributed by atoms with van der Waals surface area (Å²) in [5.41, 5.74) is -0.905. The first-order valence-corrected chi connectivity index (χ1v) is 9.95. The number of rotatable bonds is 6. The normalized spacial score (nSPS) is 17.5. The summed E-state index contributed by atoms with van der Waals surface area (Å²) in [5, 5.41) is 5.48. The highest BCUT2D eigenvalue weighted by molar-refractivity contribution is 7.92. The number of alkyl halides is 3. The standard InChI is InChI=1S/C16H21F3N2O4S/c1-26(23,24)15(6-8-20-9-7-15)14(22)21-10-11-25-13-5-3-2-4-12(13)16(17,18)19/h2-5,20H,6-11H2,1H3,(H,21,22). The summed E-state index contributed by atoms with van der Waals surface area (Å²) in [6.07, 6.45) is -3.23. The Morgan fingerprint density at radius 2 is 1.88 bits per heavy atom. The van der Waals surface area contributed by atoms with E-state index in [1.165, 1.54) is 18.2 Å². The summed E-state index contributed by atoms with van der Waals surface area (Å²) in [7, 11) is -3.64. The molecule has 0 bridgehead atoms. The Morgan fingerprint density at radius 1 is 1.27 bits per heavy atom. The Balaban J connectivity index is 1.97. The molecule has 0 radical (unpaired) electrons. The molecule has 0 atom stereocenters. The molecular formula is C16H21F3N2O4S. The molecule has 26 heavy (non-hydrogen) atoms. The van der Waals surface area contributed by atoms with E-state index in [2.05, 4.69) is 10.6 Å². The molecule has 1 fully saturated rings. The van der Waals surface area contributed by atoms with Crippen molar-refractivity contribution in [2.75, 3.05) is 32.5 Å². The molecule has 0 aliphatic carbocycles. The molecule has 6 nitrogen and oxygen atoms in total. The second-order valence-electron chi connectivity index (χ2n) is 6.11. The van der Waals surface area contributed by atoms with Crippen molar-refractivity contribution in [3.05, 3.63) is 29.8 Å². The summed E-state index contributed by atoms with van der Waals surface area (Å²) >= 11 is 0. The van der Waals surface area contributed by atoms with Crippen LogP contribution < -0.4 is 15.4 Å². The van der Waals surface area contributed by atoms with E-state index >= 15 is 0 Å². The van der Waals surface area contributed by atoms with E-state index < -0.39 is 32.2 Å². The van der Waals surface area contributed by atoms with Gasteiger partial charge in [-0.15, -0.1) is 0 Å². The molecular weight excluding hydrogens is 373 g/mol. The third kappa shape index (κ3) is 4.47. The van der Waals surface area contributed by atoms with E-state index in [0.717, 1.165) is 12.3 Å². The van der Waals surface area contributed by atoms with Gasteiger partial charge in [0.2, 0.25) is 5.91 Å². The van der Waals surface area contributed by atoms with Gasteiger partial charge in [-0.25, -0.2) is 8.42 Å². The van der Waals surface area contributed by atoms with Crippen LogP contribution in [0.4, 0.5) is 13.2 Å². The smallest absolute Gasteiger partial charge is 0.419 e. The average Bonchev–Trinajstić information content (AvgIpc) is 2.57. The predicted molar refractivity (Wildman–Crippen MR) is 89.6 cm³/mol. The number of hydrogen-bond acceptors (Lipinski definition) is 5. The summed E-state index contributed by atoms with van der Waals surface area (Å²) in [5.74, 6) is -0.983. The van der Waals surface area contributed by atoms with Crippen molar-refractivity contribution in [2.45, 2.75) is 23.8 Å². The Labute approximate surface area is 150 Å². The number of sulfone groups is 1. The van der Waals surface area contributed by atoms with Crippen LogP contribution in [0.2, 0.25) is 0 Å². The van der Waals surface area contributed by atoms with Gasteiger partial charge < -0.3 is 15.4 Å². The third-order valence-electron chi connectivity index (χ3n) is 4.37. The number of hydrogen-bond donors (Lipinski definition) is 2. The van der Waals surface area contributed by atoms with Crippen LogP contribution in [0, 0.1) is 0 Å². The number of carbonyl (C=O) groups excluding carboxylic acids is 1. The van der Waals surface area contributed by atoms with Gasteiger partial charge in [-0.3, -0.25) is 4.79 Å². The van der Waals surface area contributed by atoms with Crippen molar-refractivity contribution in [1.29, 1.82) is 0 Å². The van der Waals surface area contributed by atoms with Crippen molar-refractivity contribution in [3.63, 3.8) is 0 Å². The molecule has 146 valence electrons. The largest absolute Gasteiger partial charge is 0.491 e. The fourth-order valence-electron chi connectivity index (χ4n) is 2.91. The number of halogens is 3. The summed E-state index contributed by atoms with van der Waals surface area (Å²) in [6, 6.07) is 4.76. The molecule has 0 aromatic heterocycles. The molecule has 1 heterocycles. The molecule has 1 amide bonds. The number of piperidine rings is 1. The Kier molecular flexibility index (Phi) is 6.17. The molecule has 2 rings (SSSR count). The van der Waals surface area contributed by atoms with Crippen molar-refractivity contribution in [1.82, 2.24) is 10.6 Å². The van der Waals surface area contributed by atoms with Crippen LogP contribution in [0.5, 0.6) is 5.75 Å². The van der Waals surface area contributed by atoms with Gasteiger partial charge in [0.1, 0.15) is 12.4 Å². The van der Waals surface area contributed by atoms with Crippen molar-refractivity contribution in [2.24, 2.45) is 0 Å². The molecule has 1 aromatic carbocycles. The maximum absolute atomic E-state index is 12.9. The first kappa shape index (κ1) is 20.5. The minimum absolute atomic E-state index is 0.101. The van der Waals surface area contributed by atoms with E-state index in [0.29, 0.717) is 13.1 Å². The van der Waals surface area contributed by atoms with Crippen LogP contribution in [0.25, 0.3) is 0 Å². The molecule has 0 unspecified atom stereocenters. The highest BCUT2D eigenvalue weighted by atomic mass is 32.2. The quantitative estimate of drug-likeness (QED) is 0.712. The lowest BCUT2D eigenvalue weighted by Gasteiger charge is -2.34. The minimum atomic E-state index is -4.55. The van der Waals surface area contributed by atoms with Crippen LogP contribution in [0.1, 0.15) is 18.4 Å². The molecule has 0 saturated carbocycles. The summed E-state index contributed by atoms with van der Waals surface area (Å²) in [4.78, 5) is 12.5. The van der Waals surface area contributed by atoms with Crippen LogP contribution in [0.3, 0.4) is 0 Å². The zero-order valence-corrected chi connectivity index (χ0v) is 15.0. The van der Waals surface area contributed by atoms with Gasteiger partial charge in [0, 0.05) is 6.26 Å². The number of amides is 1. The van der Waals surface area contributed by atoms with E-state index in [1.807, 2.05) is 0 Å². The Bertz CT molecular complexity index is 744. The van der Waals surface area contributed by atoms with Gasteiger partial charge in [-0.1, -0.05) is 12.1 Å². The Morgan fingerprint density at radius 3 is 2.46 bits per heavy atom. The predicted octanol–water partition coefficient (Wildman–Crippen LogP) is 1.37. The summed E-state index contributed by atoms with van der Waals surface area (Å²) in [6.45, 7) is 0.485. The molecule has 10 heteroatoms. The van der Waals surface area contributed by atoms with Gasteiger partial charge in [0.25, 0.3) is 0 Å². The van der Waals surface area contributed by atoms with Crippen LogP contribution in [-0.4, -0.2) is 51.6 Å². The average molecular weight is 394 g/mol. The second kappa shape index (κ2) is 7.83. The molecule has 2 N–H and O–H groups in total. The first-order chi connectivity index (χ1) is 12.1. The fraction of sp³-hybridized carbons (Fsp3) is 0.562. The maximum Gasteiger partial charge on any atom is 0.419 e. The number of nitrogens with one attached hydrogen (secondary N) is 2. The van der Waals surface area contributed by atoms with E-state index in [1.54, 1.807) is 0 Å². The SMILES string of the molecule is CS(=O)(=O)C1(C(=O)NCCOc2ccccc2C(F)(F)F)CCNCC1. The zero-order valence-electron chi connectivity index (χ0n) is 14.2. The van der Waals surface area contributed by atoms with Gasteiger partial charge in [-0.05, 0) is 38.1 Å². The number of benzene rings is 1. The molecule has 1 saturated heterocycles. The summed E-state index contributed by atoms with van der Waals surface area (Å²) < 4.78 is 66.5. The van der Waals surface area contributed by atoms with Gasteiger partial charge in [0.15, 0.2) is 14.6 Å². The number of carbonyl (C=O) groups is 1. The molecule has 1 aliphatic rings. The van der Waals surface area contributed by atoms with Crippen LogP contribution >= 0.6 is 0 Å². The molecule has 1 aromatic rings. The van der Waals surface area contributed by atoms with E-state index in [9.17, 15) is 26.4 Å². The lowest BCUT2D eigenvalue weighted by molar-refractivity contribution is -0.139. The van der Waals surface area contributed by atoms with Crippen LogP contribution in [-0.2, 0) is 20.8 Å². The highest BCUT2D eigenvalue weighted by Crippen LogP contribution is 2.35. The van der Waals surface area contributed by atoms with Crippen LogP contribution in [0.15, 0.2) is 24.3 Å². The lowest BCUT2D eigenvalue weighted by atomic mass is 9.96. The zero-order chi connectivity index (χ0) is 19.4. The monoisotopic (exact) mass is 394 g/mol. The molecule has 0 spiro atoms. The van der Waals surface area contributed by atoms with Gasteiger partial charge >= 0.3 is 6.18 Å². The van der Waals surface area contributed by atoms with Crippen molar-refractivity contribution >= 4 is 15.7 Å². The fourth-order valence-corrected chi connectivity index (χ4v) is 4.26. The highest BCUT2D eigenvalue weighted by Gasteiger charge is 2.48. The molecule has 1 aliphatic heterocycles. The van der Waals surface area contributed by atoms with Crippen molar-refractivity contribution in [3.8, 4) is 5.75 Å². The van der Waals surface area contributed by atoms with Gasteiger partial charge in [0.05, 0.1) is 12.1 Å². The van der Waals surface area contributed by atoms with E-state index in [4.69, 9.17) is 4.74 Å². The number of para-hydroxylation sites is 1. The maximum atomic E-state index is 12.9. The second-order valence-corrected chi connectivity index (χ2v) is 8.44. The lowest BCUT2D eigenvalue weighted by Crippen LogP contribution is -2.57. The number of ether oxygens (including phenoxy) is 1. The van der Waals surface area contributed by atoms with Crippen molar-refractivity contribution < 1.29 is 31.1 Å². The van der Waals surface area contributed by atoms with E-state index in [-0.39, 0.29) is 31.7 Å². The minimum Gasteiger partial charge on any atom is -0.491 e. The Hall–Kier alpha value is -1.81. The van der Waals surface area contributed by atoms with Gasteiger partial charge in [-0.2, -0.15) is 13.2 Å². The topological polar surface area (TPSA) is 84.5 Å². The first-order valence-electron chi connectivity index (χ1n) is 8.05.